The fourth-order valence-corrected chi connectivity index (χ4v) is 3.36. The first-order valence-corrected chi connectivity index (χ1v) is 5.10. The van der Waals surface area contributed by atoms with Crippen molar-refractivity contribution in [2.75, 3.05) is 0 Å². The second-order valence-electron chi connectivity index (χ2n) is 4.25. The van der Waals surface area contributed by atoms with Crippen LogP contribution in [0.1, 0.15) is 32.1 Å². The maximum absolute atomic E-state index is 4.57. The topological polar surface area (TPSA) is 0 Å². The third kappa shape index (κ3) is 1.64. The van der Waals surface area contributed by atoms with Crippen LogP contribution in [0.3, 0.4) is 0 Å². The van der Waals surface area contributed by atoms with Crippen LogP contribution in [-0.2, 0) is 0 Å². The van der Waals surface area contributed by atoms with Gasteiger partial charge in [0.1, 0.15) is 0 Å². The summed E-state index contributed by atoms with van der Waals surface area (Å²) < 4.78 is 0. The Morgan fingerprint density at radius 1 is 1.09 bits per heavy atom. The lowest BCUT2D eigenvalue weighted by Crippen LogP contribution is -2.27. The SMILES string of the molecule is C=C1CC2CC(S)CC(C1)C2. The predicted octanol–water partition coefficient (Wildman–Crippen LogP) is 3.05. The van der Waals surface area contributed by atoms with Gasteiger partial charge in [-0.25, -0.2) is 0 Å². The minimum atomic E-state index is 0.687. The molecule has 0 N–H and O–H groups in total. The molecule has 2 atom stereocenters. The summed E-state index contributed by atoms with van der Waals surface area (Å²) in [6.07, 6.45) is 6.69. The van der Waals surface area contributed by atoms with E-state index in [0.29, 0.717) is 5.25 Å². The van der Waals surface area contributed by atoms with Gasteiger partial charge in [-0.2, -0.15) is 12.6 Å². The molecule has 0 amide bonds. The third-order valence-electron chi connectivity index (χ3n) is 3.03. The molecule has 2 aliphatic carbocycles. The van der Waals surface area contributed by atoms with Crippen LogP contribution < -0.4 is 0 Å². The summed E-state index contributed by atoms with van der Waals surface area (Å²) in [7, 11) is 0. The molecule has 2 fully saturated rings. The number of thiol groups is 1. The zero-order valence-corrected chi connectivity index (χ0v) is 7.82. The molecule has 0 aromatic rings. The molecule has 0 aliphatic heterocycles. The average molecular weight is 168 g/mol. The molecule has 2 unspecified atom stereocenters. The van der Waals surface area contributed by atoms with Crippen molar-refractivity contribution in [1.82, 2.24) is 0 Å². The van der Waals surface area contributed by atoms with Gasteiger partial charge < -0.3 is 0 Å². The molecule has 1 heteroatoms. The lowest BCUT2D eigenvalue weighted by atomic mass is 9.70. The van der Waals surface area contributed by atoms with E-state index < -0.39 is 0 Å². The molecule has 62 valence electrons. The molecule has 2 saturated carbocycles. The van der Waals surface area contributed by atoms with Crippen molar-refractivity contribution in [3.8, 4) is 0 Å². The van der Waals surface area contributed by atoms with E-state index in [0.717, 1.165) is 11.8 Å². The Kier molecular flexibility index (Phi) is 2.00. The highest BCUT2D eigenvalue weighted by atomic mass is 32.1. The van der Waals surface area contributed by atoms with Crippen molar-refractivity contribution in [2.45, 2.75) is 37.4 Å². The van der Waals surface area contributed by atoms with Crippen LogP contribution in [-0.4, -0.2) is 5.25 Å². The second kappa shape index (κ2) is 2.85. The summed E-state index contributed by atoms with van der Waals surface area (Å²) >= 11 is 4.57. The quantitative estimate of drug-likeness (QED) is 0.417. The largest absolute Gasteiger partial charge is 0.176 e. The molecule has 2 rings (SSSR count). The standard InChI is InChI=1S/C10H16S/c1-7-2-8-4-9(3-7)6-10(11)5-8/h8-11H,1-6H2. The lowest BCUT2D eigenvalue weighted by molar-refractivity contribution is 0.236. The van der Waals surface area contributed by atoms with E-state index in [-0.39, 0.29) is 0 Å². The van der Waals surface area contributed by atoms with E-state index in [1.807, 2.05) is 0 Å². The summed E-state index contributed by atoms with van der Waals surface area (Å²) in [6.45, 7) is 4.10. The molecular formula is C10H16S. The van der Waals surface area contributed by atoms with Crippen molar-refractivity contribution in [2.24, 2.45) is 11.8 Å². The lowest BCUT2D eigenvalue weighted by Gasteiger charge is -2.38. The van der Waals surface area contributed by atoms with Crippen molar-refractivity contribution in [3.63, 3.8) is 0 Å². The highest BCUT2D eigenvalue weighted by Crippen LogP contribution is 2.43. The predicted molar refractivity (Wildman–Crippen MR) is 52.0 cm³/mol. The minimum Gasteiger partial charge on any atom is -0.176 e. The maximum atomic E-state index is 4.57. The first-order valence-electron chi connectivity index (χ1n) is 4.58. The van der Waals surface area contributed by atoms with Gasteiger partial charge in [0.05, 0.1) is 0 Å². The molecule has 0 heterocycles. The molecule has 0 nitrogen and oxygen atoms in total. The first-order chi connectivity index (χ1) is 5.24. The molecular weight excluding hydrogens is 152 g/mol. The Bertz CT molecular complexity index is 154. The average Bonchev–Trinajstić information content (AvgIpc) is 1.82. The molecule has 0 saturated heterocycles. The summed E-state index contributed by atoms with van der Waals surface area (Å²) in [5.41, 5.74) is 1.49. The van der Waals surface area contributed by atoms with E-state index >= 15 is 0 Å². The zero-order chi connectivity index (χ0) is 7.84. The van der Waals surface area contributed by atoms with Crippen LogP contribution in [0.15, 0.2) is 12.2 Å². The van der Waals surface area contributed by atoms with Crippen LogP contribution in [0, 0.1) is 11.8 Å². The maximum Gasteiger partial charge on any atom is 0.00223 e. The Labute approximate surface area is 74.5 Å². The number of allylic oxidation sites excluding steroid dienone is 1. The Hall–Kier alpha value is 0.0900. The van der Waals surface area contributed by atoms with Crippen LogP contribution in [0.2, 0.25) is 0 Å². The molecule has 0 radical (unpaired) electrons. The van der Waals surface area contributed by atoms with E-state index in [1.165, 1.54) is 37.7 Å². The van der Waals surface area contributed by atoms with Crippen LogP contribution in [0.25, 0.3) is 0 Å². The van der Waals surface area contributed by atoms with Crippen LogP contribution >= 0.6 is 12.6 Å². The van der Waals surface area contributed by atoms with Crippen molar-refractivity contribution < 1.29 is 0 Å². The summed E-state index contributed by atoms with van der Waals surface area (Å²) in [5, 5.41) is 0.687. The van der Waals surface area contributed by atoms with Crippen molar-refractivity contribution in [1.29, 1.82) is 0 Å². The molecule has 0 aromatic carbocycles. The normalized spacial score (nSPS) is 44.1. The zero-order valence-electron chi connectivity index (χ0n) is 6.92. The molecule has 11 heavy (non-hydrogen) atoms. The number of fused-ring (bicyclic) bond motifs is 2. The Balaban J connectivity index is 2.05. The summed E-state index contributed by atoms with van der Waals surface area (Å²) in [6, 6.07) is 0. The first kappa shape index (κ1) is 7.72. The minimum absolute atomic E-state index is 0.687. The summed E-state index contributed by atoms with van der Waals surface area (Å²) in [4.78, 5) is 0. The van der Waals surface area contributed by atoms with Gasteiger partial charge in [0, 0.05) is 5.25 Å². The van der Waals surface area contributed by atoms with Gasteiger partial charge in [-0.3, -0.25) is 0 Å². The molecule has 2 bridgehead atoms. The van der Waals surface area contributed by atoms with Gasteiger partial charge >= 0.3 is 0 Å². The van der Waals surface area contributed by atoms with E-state index in [1.54, 1.807) is 0 Å². The monoisotopic (exact) mass is 168 g/mol. The van der Waals surface area contributed by atoms with Gasteiger partial charge in [-0.05, 0) is 43.9 Å². The van der Waals surface area contributed by atoms with E-state index in [9.17, 15) is 0 Å². The highest BCUT2D eigenvalue weighted by molar-refractivity contribution is 7.80. The van der Waals surface area contributed by atoms with Gasteiger partial charge in [0.2, 0.25) is 0 Å². The molecule has 0 spiro atoms. The van der Waals surface area contributed by atoms with Crippen molar-refractivity contribution >= 4 is 12.6 Å². The van der Waals surface area contributed by atoms with Gasteiger partial charge in [0.15, 0.2) is 0 Å². The molecule has 0 aromatic heterocycles. The smallest absolute Gasteiger partial charge is 0.00223 e. The Morgan fingerprint density at radius 3 is 2.18 bits per heavy atom. The van der Waals surface area contributed by atoms with Crippen molar-refractivity contribution in [3.05, 3.63) is 12.2 Å². The van der Waals surface area contributed by atoms with Crippen LogP contribution in [0.5, 0.6) is 0 Å². The summed E-state index contributed by atoms with van der Waals surface area (Å²) in [5.74, 6) is 1.86. The highest BCUT2D eigenvalue weighted by Gasteiger charge is 2.31. The second-order valence-corrected chi connectivity index (χ2v) is 4.98. The van der Waals surface area contributed by atoms with E-state index in [2.05, 4.69) is 19.2 Å². The van der Waals surface area contributed by atoms with Gasteiger partial charge in [-0.15, -0.1) is 0 Å². The fourth-order valence-electron chi connectivity index (χ4n) is 2.76. The van der Waals surface area contributed by atoms with Gasteiger partial charge in [-0.1, -0.05) is 12.2 Å². The number of rotatable bonds is 0. The fraction of sp³-hybridized carbons (Fsp3) is 0.800. The number of hydrogen-bond donors (Lipinski definition) is 1. The Morgan fingerprint density at radius 2 is 1.64 bits per heavy atom. The molecule has 2 aliphatic rings. The number of hydrogen-bond acceptors (Lipinski definition) is 1. The van der Waals surface area contributed by atoms with E-state index in [4.69, 9.17) is 0 Å². The third-order valence-corrected chi connectivity index (χ3v) is 3.45. The van der Waals surface area contributed by atoms with Crippen LogP contribution in [0.4, 0.5) is 0 Å². The van der Waals surface area contributed by atoms with Gasteiger partial charge in [0.25, 0.3) is 0 Å².